The Morgan fingerprint density at radius 1 is 0.812 bits per heavy atom. The molecule has 4 heteroatoms. The summed E-state index contributed by atoms with van der Waals surface area (Å²) in [6.45, 7) is 0. The zero-order chi connectivity index (χ0) is 11.1. The summed E-state index contributed by atoms with van der Waals surface area (Å²) in [4.78, 5) is 0. The molecule has 16 heavy (non-hydrogen) atoms. The molecule has 2 unspecified atom stereocenters. The highest BCUT2D eigenvalue weighted by Crippen LogP contribution is 2.31. The van der Waals surface area contributed by atoms with Crippen LogP contribution in [0.15, 0.2) is 47.8 Å². The average molecular weight is 214 g/mol. The van der Waals surface area contributed by atoms with Crippen molar-refractivity contribution < 1.29 is 0 Å². The van der Waals surface area contributed by atoms with E-state index in [2.05, 4.69) is 10.6 Å². The molecule has 0 radical (unpaired) electrons. The van der Waals surface area contributed by atoms with Gasteiger partial charge in [0.15, 0.2) is 0 Å². The van der Waals surface area contributed by atoms with Crippen LogP contribution < -0.4 is 22.1 Å². The molecule has 2 aliphatic rings. The summed E-state index contributed by atoms with van der Waals surface area (Å²) in [5.41, 5.74) is 15.1. The summed E-state index contributed by atoms with van der Waals surface area (Å²) in [5, 5.41) is 6.86. The lowest BCUT2D eigenvalue weighted by molar-refractivity contribution is 0.746. The van der Waals surface area contributed by atoms with Gasteiger partial charge in [-0.2, -0.15) is 0 Å². The standard InChI is InChI=1S/C12H14N4/c13-7-5-11-12(6-8(7)14)16-10-4-2-1-3-9(10)15-11/h1-6,11-12,15-16H,13-14H2. The van der Waals surface area contributed by atoms with Crippen LogP contribution in [-0.2, 0) is 0 Å². The van der Waals surface area contributed by atoms with E-state index in [0.29, 0.717) is 11.4 Å². The first-order valence-corrected chi connectivity index (χ1v) is 5.31. The van der Waals surface area contributed by atoms with E-state index >= 15 is 0 Å². The van der Waals surface area contributed by atoms with Crippen molar-refractivity contribution in [2.24, 2.45) is 11.5 Å². The summed E-state index contributed by atoms with van der Waals surface area (Å²) < 4.78 is 0. The Hall–Kier alpha value is -2.10. The van der Waals surface area contributed by atoms with Crippen molar-refractivity contribution >= 4 is 11.4 Å². The maximum Gasteiger partial charge on any atom is 0.0707 e. The molecule has 0 bridgehead atoms. The fourth-order valence-electron chi connectivity index (χ4n) is 2.14. The number of anilines is 2. The monoisotopic (exact) mass is 214 g/mol. The molecule has 1 heterocycles. The first-order chi connectivity index (χ1) is 7.74. The van der Waals surface area contributed by atoms with Crippen molar-refractivity contribution in [2.75, 3.05) is 10.6 Å². The number of nitrogens with two attached hydrogens (primary N) is 2. The van der Waals surface area contributed by atoms with Gasteiger partial charge in [-0.15, -0.1) is 0 Å². The quantitative estimate of drug-likeness (QED) is 0.519. The predicted octanol–water partition coefficient (Wildman–Crippen LogP) is 0.960. The van der Waals surface area contributed by atoms with Crippen molar-refractivity contribution in [3.05, 3.63) is 47.8 Å². The number of hydrogen-bond donors (Lipinski definition) is 4. The van der Waals surface area contributed by atoms with Crippen LogP contribution in [0.25, 0.3) is 0 Å². The number of hydrogen-bond acceptors (Lipinski definition) is 4. The largest absolute Gasteiger partial charge is 0.397 e. The van der Waals surface area contributed by atoms with Gasteiger partial charge >= 0.3 is 0 Å². The Morgan fingerprint density at radius 3 is 1.69 bits per heavy atom. The molecule has 0 saturated carbocycles. The second-order valence-corrected chi connectivity index (χ2v) is 4.13. The highest BCUT2D eigenvalue weighted by Gasteiger charge is 2.27. The number of rotatable bonds is 0. The van der Waals surface area contributed by atoms with Gasteiger partial charge < -0.3 is 22.1 Å². The Balaban J connectivity index is 1.99. The van der Waals surface area contributed by atoms with Crippen molar-refractivity contribution in [3.63, 3.8) is 0 Å². The van der Waals surface area contributed by atoms with Gasteiger partial charge in [-0.25, -0.2) is 0 Å². The smallest absolute Gasteiger partial charge is 0.0707 e. The highest BCUT2D eigenvalue weighted by atomic mass is 15.1. The molecule has 1 aliphatic carbocycles. The number of benzene rings is 1. The van der Waals surface area contributed by atoms with Crippen molar-refractivity contribution in [1.82, 2.24) is 0 Å². The molecule has 2 atom stereocenters. The van der Waals surface area contributed by atoms with Crippen LogP contribution in [-0.4, -0.2) is 12.1 Å². The Morgan fingerprint density at radius 2 is 1.25 bits per heavy atom. The lowest BCUT2D eigenvalue weighted by Gasteiger charge is -2.35. The molecule has 82 valence electrons. The van der Waals surface area contributed by atoms with Gasteiger partial charge in [0.25, 0.3) is 0 Å². The van der Waals surface area contributed by atoms with E-state index in [1.54, 1.807) is 0 Å². The van der Waals surface area contributed by atoms with Crippen LogP contribution >= 0.6 is 0 Å². The molecule has 4 nitrogen and oxygen atoms in total. The third-order valence-electron chi connectivity index (χ3n) is 3.01. The van der Waals surface area contributed by atoms with E-state index in [9.17, 15) is 0 Å². The van der Waals surface area contributed by atoms with Crippen molar-refractivity contribution in [3.8, 4) is 0 Å². The number of para-hydroxylation sites is 2. The fraction of sp³-hybridized carbons (Fsp3) is 0.167. The zero-order valence-corrected chi connectivity index (χ0v) is 8.77. The molecule has 0 spiro atoms. The van der Waals surface area contributed by atoms with Gasteiger partial charge in [-0.05, 0) is 24.3 Å². The van der Waals surface area contributed by atoms with Crippen LogP contribution in [0.1, 0.15) is 0 Å². The third kappa shape index (κ3) is 1.31. The van der Waals surface area contributed by atoms with Crippen LogP contribution in [0.3, 0.4) is 0 Å². The van der Waals surface area contributed by atoms with E-state index in [-0.39, 0.29) is 12.1 Å². The summed E-state index contributed by atoms with van der Waals surface area (Å²) in [7, 11) is 0. The molecule has 0 saturated heterocycles. The van der Waals surface area contributed by atoms with E-state index in [1.165, 1.54) is 0 Å². The van der Waals surface area contributed by atoms with Gasteiger partial charge in [0.2, 0.25) is 0 Å². The van der Waals surface area contributed by atoms with Gasteiger partial charge in [0.1, 0.15) is 0 Å². The lowest BCUT2D eigenvalue weighted by atomic mass is 9.96. The normalized spacial score (nSPS) is 26.5. The van der Waals surface area contributed by atoms with E-state index in [4.69, 9.17) is 11.5 Å². The Labute approximate surface area is 94.0 Å². The third-order valence-corrected chi connectivity index (χ3v) is 3.01. The summed E-state index contributed by atoms with van der Waals surface area (Å²) in [6.07, 6.45) is 3.92. The number of fused-ring (bicyclic) bond motifs is 2. The molecule has 1 aromatic rings. The SMILES string of the molecule is NC1=CC2Nc3ccccc3NC2C=C1N. The van der Waals surface area contributed by atoms with Gasteiger partial charge in [-0.1, -0.05) is 12.1 Å². The first-order valence-electron chi connectivity index (χ1n) is 5.31. The molecule has 3 rings (SSSR count). The second-order valence-electron chi connectivity index (χ2n) is 4.13. The maximum atomic E-state index is 5.81. The highest BCUT2D eigenvalue weighted by molar-refractivity contribution is 5.73. The molecular weight excluding hydrogens is 200 g/mol. The second kappa shape index (κ2) is 3.20. The first kappa shape index (κ1) is 9.15. The summed E-state index contributed by atoms with van der Waals surface area (Å²) >= 11 is 0. The van der Waals surface area contributed by atoms with Crippen molar-refractivity contribution in [2.45, 2.75) is 12.1 Å². The van der Waals surface area contributed by atoms with Crippen LogP contribution in [0.2, 0.25) is 0 Å². The molecule has 0 fully saturated rings. The molecule has 6 N–H and O–H groups in total. The van der Waals surface area contributed by atoms with Gasteiger partial charge in [0, 0.05) is 0 Å². The van der Waals surface area contributed by atoms with Gasteiger partial charge in [-0.3, -0.25) is 0 Å². The molecular formula is C12H14N4. The van der Waals surface area contributed by atoms with E-state index in [0.717, 1.165) is 11.4 Å². The average Bonchev–Trinajstić information content (AvgIpc) is 2.28. The Kier molecular flexibility index (Phi) is 1.83. The fourth-order valence-corrected chi connectivity index (χ4v) is 2.14. The van der Waals surface area contributed by atoms with Gasteiger partial charge in [0.05, 0.1) is 34.9 Å². The van der Waals surface area contributed by atoms with Crippen molar-refractivity contribution in [1.29, 1.82) is 0 Å². The summed E-state index contributed by atoms with van der Waals surface area (Å²) in [6, 6.07) is 8.44. The maximum absolute atomic E-state index is 5.81. The van der Waals surface area contributed by atoms with Crippen LogP contribution in [0, 0.1) is 0 Å². The van der Waals surface area contributed by atoms with E-state index < -0.39 is 0 Å². The minimum Gasteiger partial charge on any atom is -0.397 e. The van der Waals surface area contributed by atoms with E-state index in [1.807, 2.05) is 36.4 Å². The summed E-state index contributed by atoms with van der Waals surface area (Å²) in [5.74, 6) is 0. The topological polar surface area (TPSA) is 76.1 Å². The molecule has 1 aliphatic heterocycles. The lowest BCUT2D eigenvalue weighted by Crippen LogP contribution is -2.43. The molecule has 1 aromatic carbocycles. The number of nitrogens with one attached hydrogen (secondary N) is 2. The Bertz CT molecular complexity index is 445. The minimum absolute atomic E-state index is 0.169. The predicted molar refractivity (Wildman–Crippen MR) is 65.8 cm³/mol. The van der Waals surface area contributed by atoms with Crippen LogP contribution in [0.5, 0.6) is 0 Å². The minimum atomic E-state index is 0.169. The zero-order valence-electron chi connectivity index (χ0n) is 8.77. The molecule has 0 aromatic heterocycles. The van der Waals surface area contributed by atoms with Crippen LogP contribution in [0.4, 0.5) is 11.4 Å². The molecule has 0 amide bonds.